The third-order valence-electron chi connectivity index (χ3n) is 3.20. The van der Waals surface area contributed by atoms with Crippen molar-refractivity contribution >= 4 is 0 Å². The van der Waals surface area contributed by atoms with E-state index in [-0.39, 0.29) is 0 Å². The van der Waals surface area contributed by atoms with Gasteiger partial charge in [0, 0.05) is 19.6 Å². The van der Waals surface area contributed by atoms with Gasteiger partial charge in [-0.2, -0.15) is 0 Å². The summed E-state index contributed by atoms with van der Waals surface area (Å²) in [5, 5.41) is 3.33. The van der Waals surface area contributed by atoms with Crippen LogP contribution in [0.25, 0.3) is 0 Å². The molecule has 0 saturated carbocycles. The first-order valence-corrected chi connectivity index (χ1v) is 6.73. The standard InChI is InChI=1S/C15H26N2O2/c1-6-16-7-8-17(3)11-13-10-15(19-5)14(18-4)9-12(13)2/h9-10,16H,6-8,11H2,1-5H3. The molecule has 0 unspecified atom stereocenters. The molecule has 0 aliphatic rings. The van der Waals surface area contributed by atoms with Crippen LogP contribution in [0.2, 0.25) is 0 Å². The van der Waals surface area contributed by atoms with Crippen LogP contribution in [0.5, 0.6) is 11.5 Å². The van der Waals surface area contributed by atoms with Gasteiger partial charge in [0.2, 0.25) is 0 Å². The highest BCUT2D eigenvalue weighted by molar-refractivity contribution is 5.46. The predicted molar refractivity (Wildman–Crippen MR) is 79.2 cm³/mol. The Morgan fingerprint density at radius 1 is 1.16 bits per heavy atom. The summed E-state index contributed by atoms with van der Waals surface area (Å²) in [5.41, 5.74) is 2.50. The molecule has 0 spiro atoms. The van der Waals surface area contributed by atoms with Gasteiger partial charge in [0.15, 0.2) is 11.5 Å². The van der Waals surface area contributed by atoms with E-state index in [1.54, 1.807) is 14.2 Å². The summed E-state index contributed by atoms with van der Waals surface area (Å²) in [4.78, 5) is 2.30. The van der Waals surface area contributed by atoms with Crippen LogP contribution in [0.15, 0.2) is 12.1 Å². The average Bonchev–Trinajstić information content (AvgIpc) is 2.40. The summed E-state index contributed by atoms with van der Waals surface area (Å²) in [5.74, 6) is 1.59. The lowest BCUT2D eigenvalue weighted by Gasteiger charge is -2.19. The van der Waals surface area contributed by atoms with E-state index in [4.69, 9.17) is 9.47 Å². The zero-order valence-electron chi connectivity index (χ0n) is 12.7. The van der Waals surface area contributed by atoms with Gasteiger partial charge < -0.3 is 19.7 Å². The van der Waals surface area contributed by atoms with Crippen molar-refractivity contribution in [2.45, 2.75) is 20.4 Å². The second-order valence-corrected chi connectivity index (χ2v) is 4.73. The number of hydrogen-bond donors (Lipinski definition) is 1. The van der Waals surface area contributed by atoms with Gasteiger partial charge >= 0.3 is 0 Å². The summed E-state index contributed by atoms with van der Waals surface area (Å²) in [6.45, 7) is 8.20. The van der Waals surface area contributed by atoms with Gasteiger partial charge in [-0.15, -0.1) is 0 Å². The van der Waals surface area contributed by atoms with Crippen molar-refractivity contribution < 1.29 is 9.47 Å². The van der Waals surface area contributed by atoms with Gasteiger partial charge in [0.25, 0.3) is 0 Å². The molecule has 0 fully saturated rings. The molecular formula is C15H26N2O2. The van der Waals surface area contributed by atoms with E-state index in [0.29, 0.717) is 0 Å². The summed E-state index contributed by atoms with van der Waals surface area (Å²) in [7, 11) is 5.47. The van der Waals surface area contributed by atoms with E-state index in [1.165, 1.54) is 11.1 Å². The van der Waals surface area contributed by atoms with E-state index in [0.717, 1.165) is 37.7 Å². The molecule has 1 aromatic rings. The Morgan fingerprint density at radius 2 is 1.79 bits per heavy atom. The van der Waals surface area contributed by atoms with Crippen LogP contribution in [-0.2, 0) is 6.54 Å². The van der Waals surface area contributed by atoms with Crippen LogP contribution >= 0.6 is 0 Å². The van der Waals surface area contributed by atoms with Crippen molar-refractivity contribution in [1.82, 2.24) is 10.2 Å². The van der Waals surface area contributed by atoms with Gasteiger partial charge in [-0.25, -0.2) is 0 Å². The number of hydrogen-bond acceptors (Lipinski definition) is 4. The SMILES string of the molecule is CCNCCN(C)Cc1cc(OC)c(OC)cc1C. The highest BCUT2D eigenvalue weighted by atomic mass is 16.5. The van der Waals surface area contributed by atoms with Gasteiger partial charge in [0.1, 0.15) is 0 Å². The number of nitrogens with one attached hydrogen (secondary N) is 1. The molecule has 0 amide bonds. The van der Waals surface area contributed by atoms with Crippen molar-refractivity contribution in [2.75, 3.05) is 40.9 Å². The number of methoxy groups -OCH3 is 2. The fraction of sp³-hybridized carbons (Fsp3) is 0.600. The van der Waals surface area contributed by atoms with Gasteiger partial charge in [-0.3, -0.25) is 0 Å². The lowest BCUT2D eigenvalue weighted by Crippen LogP contribution is -2.29. The third-order valence-corrected chi connectivity index (χ3v) is 3.20. The molecule has 0 saturated heterocycles. The first-order chi connectivity index (χ1) is 9.12. The molecule has 0 atom stereocenters. The number of benzene rings is 1. The first-order valence-electron chi connectivity index (χ1n) is 6.73. The molecule has 0 aromatic heterocycles. The topological polar surface area (TPSA) is 33.7 Å². The number of nitrogens with zero attached hydrogens (tertiary/aromatic N) is 1. The van der Waals surface area contributed by atoms with Crippen molar-refractivity contribution in [3.8, 4) is 11.5 Å². The molecule has 4 heteroatoms. The minimum Gasteiger partial charge on any atom is -0.493 e. The highest BCUT2D eigenvalue weighted by Gasteiger charge is 2.10. The maximum absolute atomic E-state index is 5.36. The molecule has 4 nitrogen and oxygen atoms in total. The van der Waals surface area contributed by atoms with E-state index < -0.39 is 0 Å². The summed E-state index contributed by atoms with van der Waals surface area (Å²) >= 11 is 0. The Balaban J connectivity index is 2.72. The van der Waals surface area contributed by atoms with Crippen LogP contribution in [0.4, 0.5) is 0 Å². The molecule has 0 aliphatic heterocycles. The molecule has 0 radical (unpaired) electrons. The monoisotopic (exact) mass is 266 g/mol. The Hall–Kier alpha value is -1.26. The van der Waals surface area contributed by atoms with Crippen LogP contribution in [0.3, 0.4) is 0 Å². The second-order valence-electron chi connectivity index (χ2n) is 4.73. The molecule has 1 aromatic carbocycles. The Bertz CT molecular complexity index is 394. The normalized spacial score (nSPS) is 10.8. The van der Waals surface area contributed by atoms with Crippen molar-refractivity contribution in [3.63, 3.8) is 0 Å². The van der Waals surface area contributed by atoms with E-state index >= 15 is 0 Å². The zero-order valence-corrected chi connectivity index (χ0v) is 12.7. The highest BCUT2D eigenvalue weighted by Crippen LogP contribution is 2.30. The number of rotatable bonds is 8. The number of aryl methyl sites for hydroxylation is 1. The van der Waals surface area contributed by atoms with Crippen molar-refractivity contribution in [3.05, 3.63) is 23.3 Å². The molecule has 0 aliphatic carbocycles. The maximum Gasteiger partial charge on any atom is 0.161 e. The molecule has 0 bridgehead atoms. The minimum absolute atomic E-state index is 0.791. The van der Waals surface area contributed by atoms with E-state index in [2.05, 4.69) is 37.2 Å². The van der Waals surface area contributed by atoms with Crippen molar-refractivity contribution in [2.24, 2.45) is 0 Å². The van der Waals surface area contributed by atoms with E-state index in [1.807, 2.05) is 6.07 Å². The Labute approximate surface area is 116 Å². The first kappa shape index (κ1) is 15.8. The molecule has 108 valence electrons. The molecule has 1 rings (SSSR count). The summed E-state index contributed by atoms with van der Waals surface area (Å²) in [6.07, 6.45) is 0. The lowest BCUT2D eigenvalue weighted by molar-refractivity contribution is 0.322. The van der Waals surface area contributed by atoms with Crippen LogP contribution in [-0.4, -0.2) is 45.8 Å². The van der Waals surface area contributed by atoms with E-state index in [9.17, 15) is 0 Å². The van der Waals surface area contributed by atoms with Gasteiger partial charge in [0.05, 0.1) is 14.2 Å². The second kappa shape index (κ2) is 8.02. The molecule has 1 N–H and O–H groups in total. The predicted octanol–water partition coefficient (Wildman–Crippen LogP) is 2.05. The third kappa shape index (κ3) is 4.73. The zero-order chi connectivity index (χ0) is 14.3. The van der Waals surface area contributed by atoms with Crippen LogP contribution < -0.4 is 14.8 Å². The van der Waals surface area contributed by atoms with Gasteiger partial charge in [-0.1, -0.05) is 6.92 Å². The quantitative estimate of drug-likeness (QED) is 0.730. The summed E-state index contributed by atoms with van der Waals surface area (Å²) < 4.78 is 10.7. The van der Waals surface area contributed by atoms with Crippen molar-refractivity contribution in [1.29, 1.82) is 0 Å². The lowest BCUT2D eigenvalue weighted by atomic mass is 10.1. The number of likely N-dealkylation sites (N-methyl/N-ethyl adjacent to an activating group) is 2. The smallest absolute Gasteiger partial charge is 0.161 e. The maximum atomic E-state index is 5.36. The minimum atomic E-state index is 0.791. The fourth-order valence-corrected chi connectivity index (χ4v) is 2.01. The fourth-order valence-electron chi connectivity index (χ4n) is 2.01. The average molecular weight is 266 g/mol. The number of ether oxygens (including phenoxy) is 2. The van der Waals surface area contributed by atoms with Crippen LogP contribution in [0, 0.1) is 6.92 Å². The van der Waals surface area contributed by atoms with Crippen LogP contribution in [0.1, 0.15) is 18.1 Å². The molecular weight excluding hydrogens is 240 g/mol. The Kier molecular flexibility index (Phi) is 6.67. The summed E-state index contributed by atoms with van der Waals surface area (Å²) in [6, 6.07) is 4.10. The Morgan fingerprint density at radius 3 is 2.37 bits per heavy atom. The largest absolute Gasteiger partial charge is 0.493 e. The van der Waals surface area contributed by atoms with Gasteiger partial charge in [-0.05, 0) is 43.8 Å². The molecule has 19 heavy (non-hydrogen) atoms. The molecule has 0 heterocycles.